The number of amides is 2. The first-order valence-corrected chi connectivity index (χ1v) is 15.4. The van der Waals surface area contributed by atoms with E-state index in [1.54, 1.807) is 12.1 Å². The molecule has 1 aliphatic carbocycles. The molecule has 2 aromatic rings. The third-order valence-electron chi connectivity index (χ3n) is 8.04. The Bertz CT molecular complexity index is 1260. The number of unbranched alkanes of at least 4 members (excludes halogenated alkanes) is 1. The predicted molar refractivity (Wildman–Crippen MR) is 169 cm³/mol. The molecule has 2 amide bonds. The molecule has 0 radical (unpaired) electrons. The number of guanidine groups is 1. The number of aromatic hydroxyl groups is 1. The van der Waals surface area contributed by atoms with E-state index in [4.69, 9.17) is 27.1 Å². The highest BCUT2D eigenvalue weighted by Gasteiger charge is 2.30. The summed E-state index contributed by atoms with van der Waals surface area (Å²) in [5, 5.41) is 30.0. The quantitative estimate of drug-likeness (QED) is 0.0528. The number of nitrogens with one attached hydrogen (secondary N) is 4. The summed E-state index contributed by atoms with van der Waals surface area (Å²) in [4.78, 5) is 31.6. The van der Waals surface area contributed by atoms with E-state index in [0.29, 0.717) is 56.4 Å². The highest BCUT2D eigenvalue weighted by molar-refractivity contribution is 5.90. The number of aryl methyl sites for hydroxylation is 3. The molecule has 1 aliphatic rings. The number of hydrogen-bond acceptors (Lipinski definition) is 9. The second-order valence-electron chi connectivity index (χ2n) is 11.9. The number of carbonyl (C=O) groups excluding carboxylic acids is 2. The van der Waals surface area contributed by atoms with Crippen molar-refractivity contribution >= 4 is 17.8 Å². The summed E-state index contributed by atoms with van der Waals surface area (Å²) >= 11 is 0. The summed E-state index contributed by atoms with van der Waals surface area (Å²) in [7, 11) is 0. The first-order chi connectivity index (χ1) is 21.0. The molecule has 0 saturated heterocycles. The minimum absolute atomic E-state index is 0.129. The van der Waals surface area contributed by atoms with Crippen LogP contribution in [0, 0.1) is 25.2 Å². The van der Waals surface area contributed by atoms with Crippen LogP contribution in [0.2, 0.25) is 0 Å². The van der Waals surface area contributed by atoms with Gasteiger partial charge in [0.1, 0.15) is 17.8 Å². The molecule has 11 N–H and O–H groups in total. The van der Waals surface area contributed by atoms with Crippen LogP contribution < -0.4 is 33.2 Å². The summed E-state index contributed by atoms with van der Waals surface area (Å²) in [6.07, 6.45) is 6.77. The molecule has 3 atom stereocenters. The Morgan fingerprint density at radius 3 is 2.48 bits per heavy atom. The average molecular weight is 612 g/mol. The van der Waals surface area contributed by atoms with Crippen molar-refractivity contribution in [2.24, 2.45) is 23.1 Å². The van der Waals surface area contributed by atoms with Crippen LogP contribution in [0.15, 0.2) is 28.8 Å². The lowest BCUT2D eigenvalue weighted by atomic mass is 9.78. The number of benzene rings is 1. The van der Waals surface area contributed by atoms with Crippen LogP contribution in [0.5, 0.6) is 5.75 Å². The number of phenolic OH excluding ortho intramolecular Hbond substituents is 1. The maximum Gasteiger partial charge on any atom is 0.249 e. The molecule has 1 heterocycles. The Labute approximate surface area is 259 Å². The van der Waals surface area contributed by atoms with Crippen molar-refractivity contribution in [1.29, 1.82) is 5.41 Å². The van der Waals surface area contributed by atoms with Crippen molar-refractivity contribution in [3.63, 3.8) is 0 Å². The largest absolute Gasteiger partial charge is 0.508 e. The minimum atomic E-state index is -0.961. The monoisotopic (exact) mass is 611 g/mol. The number of rotatable bonds is 18. The van der Waals surface area contributed by atoms with E-state index in [9.17, 15) is 14.7 Å². The molecule has 3 rings (SSSR count). The number of allylic oxidation sites excluding steroid dienone is 1. The van der Waals surface area contributed by atoms with Crippen LogP contribution in [-0.4, -0.2) is 58.2 Å². The van der Waals surface area contributed by atoms with Gasteiger partial charge in [0.05, 0.1) is 6.04 Å². The molecule has 242 valence electrons. The van der Waals surface area contributed by atoms with Crippen LogP contribution in [0.25, 0.3) is 0 Å². The second-order valence-corrected chi connectivity index (χ2v) is 11.9. The summed E-state index contributed by atoms with van der Waals surface area (Å²) in [5.41, 5.74) is 20.9. The lowest BCUT2D eigenvalue weighted by Crippen LogP contribution is -2.53. The van der Waals surface area contributed by atoms with Gasteiger partial charge in [-0.25, -0.2) is 0 Å². The Kier molecular flexibility index (Phi) is 13.2. The molecular weight excluding hydrogens is 562 g/mol. The number of phenols is 1. The molecule has 1 saturated carbocycles. The van der Waals surface area contributed by atoms with Gasteiger partial charge in [0.15, 0.2) is 11.8 Å². The molecule has 44 heavy (non-hydrogen) atoms. The number of nitrogens with two attached hydrogens (primary N) is 3. The van der Waals surface area contributed by atoms with Gasteiger partial charge < -0.3 is 42.8 Å². The maximum atomic E-state index is 13.9. The van der Waals surface area contributed by atoms with Crippen LogP contribution in [-0.2, 0) is 22.4 Å². The van der Waals surface area contributed by atoms with Gasteiger partial charge in [-0.05, 0) is 106 Å². The standard InChI is InChI=1S/C31H49N9O4/c1-18-13-21(14-18)9-10-27-39-30(44-40-27)25(8-4-5-11-32)37-29(43)26(17-23-19(2)15-22(41)16-20(23)3)38-28(42)24(33)7-6-12-36-31(34)35/h15-16,21,24-26,41H,1,4-14,17,32-33H2,2-3H3,(H,37,43)(H,38,42)(H4,34,35,36)/t24-,25-,26+/m1/s1. The van der Waals surface area contributed by atoms with E-state index in [0.717, 1.165) is 48.8 Å². The van der Waals surface area contributed by atoms with Gasteiger partial charge >= 0.3 is 0 Å². The Hall–Kier alpha value is -3.97. The molecular formula is C31H49N9O4. The normalized spacial score (nSPS) is 15.2. The van der Waals surface area contributed by atoms with Gasteiger partial charge in [-0.15, -0.1) is 0 Å². The number of nitrogens with zero attached hydrogens (tertiary/aromatic N) is 2. The van der Waals surface area contributed by atoms with Crippen molar-refractivity contribution < 1.29 is 19.2 Å². The Morgan fingerprint density at radius 1 is 1.14 bits per heavy atom. The van der Waals surface area contributed by atoms with Crippen LogP contribution >= 0.6 is 0 Å². The van der Waals surface area contributed by atoms with Gasteiger partial charge in [-0.1, -0.05) is 17.3 Å². The van der Waals surface area contributed by atoms with Crippen molar-refractivity contribution in [2.75, 3.05) is 13.1 Å². The van der Waals surface area contributed by atoms with E-state index in [1.807, 2.05) is 13.8 Å². The summed E-state index contributed by atoms with van der Waals surface area (Å²) < 4.78 is 5.61. The van der Waals surface area contributed by atoms with Crippen molar-refractivity contribution in [3.8, 4) is 5.75 Å². The summed E-state index contributed by atoms with van der Waals surface area (Å²) in [6, 6.07) is 0.861. The smallest absolute Gasteiger partial charge is 0.249 e. The average Bonchev–Trinajstić information content (AvgIpc) is 3.42. The van der Waals surface area contributed by atoms with Gasteiger partial charge in [-0.2, -0.15) is 4.98 Å². The van der Waals surface area contributed by atoms with Gasteiger partial charge in [0.2, 0.25) is 17.7 Å². The zero-order chi connectivity index (χ0) is 32.2. The van der Waals surface area contributed by atoms with E-state index < -0.39 is 29.9 Å². The van der Waals surface area contributed by atoms with E-state index in [1.165, 1.54) is 5.57 Å². The Balaban J connectivity index is 1.76. The molecule has 1 aromatic carbocycles. The lowest BCUT2D eigenvalue weighted by molar-refractivity contribution is -0.130. The number of aromatic nitrogens is 2. The molecule has 13 heteroatoms. The minimum Gasteiger partial charge on any atom is -0.508 e. The SMILES string of the molecule is C=C1CC(CCc2noc([C@@H](CCCCN)NC(=O)[C@H](Cc3c(C)cc(O)cc3C)NC(=O)[C@H](N)CCCNC(=N)N)n2)C1. The van der Waals surface area contributed by atoms with E-state index >= 15 is 0 Å². The highest BCUT2D eigenvalue weighted by atomic mass is 16.5. The second kappa shape index (κ2) is 16.8. The molecule has 0 spiro atoms. The van der Waals surface area contributed by atoms with E-state index in [-0.39, 0.29) is 18.1 Å². The summed E-state index contributed by atoms with van der Waals surface area (Å²) in [6.45, 7) is 8.62. The van der Waals surface area contributed by atoms with Crippen LogP contribution in [0.1, 0.15) is 85.8 Å². The first kappa shape index (κ1) is 34.5. The molecule has 13 nitrogen and oxygen atoms in total. The van der Waals surface area contributed by atoms with E-state index in [2.05, 4.69) is 32.7 Å². The van der Waals surface area contributed by atoms with Crippen molar-refractivity contribution in [2.45, 2.75) is 96.2 Å². The third-order valence-corrected chi connectivity index (χ3v) is 8.04. The van der Waals surface area contributed by atoms with Crippen LogP contribution in [0.4, 0.5) is 0 Å². The number of carbonyl (C=O) groups is 2. The van der Waals surface area contributed by atoms with Crippen molar-refractivity contribution in [3.05, 3.63) is 52.7 Å². The predicted octanol–water partition coefficient (Wildman–Crippen LogP) is 1.90. The van der Waals surface area contributed by atoms with Gasteiger partial charge in [0.25, 0.3) is 0 Å². The molecule has 0 bridgehead atoms. The Morgan fingerprint density at radius 2 is 1.84 bits per heavy atom. The maximum absolute atomic E-state index is 13.9. The fourth-order valence-electron chi connectivity index (χ4n) is 5.49. The third kappa shape index (κ3) is 10.6. The number of hydrogen-bond donors (Lipinski definition) is 8. The zero-order valence-corrected chi connectivity index (χ0v) is 26.0. The lowest BCUT2D eigenvalue weighted by Gasteiger charge is -2.27. The fraction of sp³-hybridized carbons (Fsp3) is 0.581. The van der Waals surface area contributed by atoms with Gasteiger partial charge in [-0.3, -0.25) is 15.0 Å². The summed E-state index contributed by atoms with van der Waals surface area (Å²) in [5.74, 6) is 0.600. The zero-order valence-electron chi connectivity index (χ0n) is 26.0. The highest BCUT2D eigenvalue weighted by Crippen LogP contribution is 2.34. The molecule has 1 aromatic heterocycles. The van der Waals surface area contributed by atoms with Crippen LogP contribution in [0.3, 0.4) is 0 Å². The topological polar surface area (TPSA) is 231 Å². The first-order valence-electron chi connectivity index (χ1n) is 15.4. The van der Waals surface area contributed by atoms with Gasteiger partial charge in [0, 0.05) is 19.4 Å². The molecule has 0 unspecified atom stereocenters. The van der Waals surface area contributed by atoms with Crippen molar-refractivity contribution in [1.82, 2.24) is 26.1 Å². The fourth-order valence-corrected chi connectivity index (χ4v) is 5.49. The molecule has 1 fully saturated rings. The molecule has 0 aliphatic heterocycles.